The summed E-state index contributed by atoms with van der Waals surface area (Å²) in [7, 11) is 0. The van der Waals surface area contributed by atoms with Crippen LogP contribution in [0.5, 0.6) is 0 Å². The molecule has 1 fully saturated rings. The van der Waals surface area contributed by atoms with E-state index in [9.17, 15) is 4.79 Å². The number of rotatable bonds is 4. The molecule has 1 aliphatic rings. The molecule has 1 N–H and O–H groups in total. The van der Waals surface area contributed by atoms with Gasteiger partial charge in [-0.1, -0.05) is 30.3 Å². The number of nitrogens with one attached hydrogen (secondary N) is 1. The zero-order valence-corrected chi connectivity index (χ0v) is 14.9. The summed E-state index contributed by atoms with van der Waals surface area (Å²) in [5, 5.41) is 3.92. The SMILES string of the molecule is Cc1nc(CNC(=O)N2CCOC(Cc3ccccc3)C2)sc1C. The molecule has 0 saturated carbocycles. The van der Waals surface area contributed by atoms with Crippen LogP contribution in [-0.4, -0.2) is 41.7 Å². The third-order valence-corrected chi connectivity index (χ3v) is 5.27. The largest absolute Gasteiger partial charge is 0.374 e. The molecule has 1 atom stereocenters. The second kappa shape index (κ2) is 7.77. The lowest BCUT2D eigenvalue weighted by Gasteiger charge is -2.33. The number of urea groups is 1. The second-order valence-electron chi connectivity index (χ2n) is 6.04. The van der Waals surface area contributed by atoms with Gasteiger partial charge >= 0.3 is 6.03 Å². The summed E-state index contributed by atoms with van der Waals surface area (Å²) in [5.74, 6) is 0. The molecule has 3 rings (SSSR count). The Morgan fingerprint density at radius 2 is 2.17 bits per heavy atom. The van der Waals surface area contributed by atoms with Crippen LogP contribution in [-0.2, 0) is 17.7 Å². The number of thiazole rings is 1. The predicted molar refractivity (Wildman–Crippen MR) is 95.3 cm³/mol. The Balaban J connectivity index is 1.51. The van der Waals surface area contributed by atoms with Gasteiger partial charge in [-0.05, 0) is 19.4 Å². The quantitative estimate of drug-likeness (QED) is 0.927. The number of ether oxygens (including phenoxy) is 1. The van der Waals surface area contributed by atoms with Gasteiger partial charge in [0.05, 0.1) is 24.9 Å². The molecule has 1 aliphatic heterocycles. The number of aryl methyl sites for hydroxylation is 2. The summed E-state index contributed by atoms with van der Waals surface area (Å²) < 4.78 is 5.81. The molecule has 1 saturated heterocycles. The van der Waals surface area contributed by atoms with Crippen molar-refractivity contribution >= 4 is 17.4 Å². The molecule has 0 bridgehead atoms. The molecule has 1 aromatic carbocycles. The molecular weight excluding hydrogens is 322 g/mol. The molecule has 5 nitrogen and oxygen atoms in total. The molecule has 1 unspecified atom stereocenters. The van der Waals surface area contributed by atoms with E-state index in [1.807, 2.05) is 30.0 Å². The number of carbonyl (C=O) groups excluding carboxylic acids is 1. The first kappa shape index (κ1) is 16.9. The minimum absolute atomic E-state index is 0.0399. The number of benzene rings is 1. The van der Waals surface area contributed by atoms with Crippen LogP contribution >= 0.6 is 11.3 Å². The van der Waals surface area contributed by atoms with Crippen molar-refractivity contribution in [2.45, 2.75) is 32.9 Å². The van der Waals surface area contributed by atoms with Crippen LogP contribution in [0.4, 0.5) is 4.79 Å². The summed E-state index contributed by atoms with van der Waals surface area (Å²) in [6, 6.07) is 10.2. The molecule has 2 aromatic rings. The monoisotopic (exact) mass is 345 g/mol. The molecule has 0 radical (unpaired) electrons. The highest BCUT2D eigenvalue weighted by Crippen LogP contribution is 2.16. The summed E-state index contributed by atoms with van der Waals surface area (Å²) in [5.41, 5.74) is 2.28. The zero-order valence-electron chi connectivity index (χ0n) is 14.1. The number of carbonyl (C=O) groups is 1. The van der Waals surface area contributed by atoms with Crippen LogP contribution in [0.25, 0.3) is 0 Å². The Morgan fingerprint density at radius 3 is 2.88 bits per heavy atom. The summed E-state index contributed by atoms with van der Waals surface area (Å²) in [4.78, 5) is 19.9. The summed E-state index contributed by atoms with van der Waals surface area (Å²) >= 11 is 1.64. The third kappa shape index (κ3) is 4.33. The fourth-order valence-corrected chi connectivity index (χ4v) is 3.66. The normalized spacial score (nSPS) is 17.8. The number of hydrogen-bond acceptors (Lipinski definition) is 4. The maximum Gasteiger partial charge on any atom is 0.317 e. The minimum atomic E-state index is -0.0399. The Bertz CT molecular complexity index is 667. The van der Waals surface area contributed by atoms with Crippen molar-refractivity contribution < 1.29 is 9.53 Å². The van der Waals surface area contributed by atoms with Gasteiger partial charge in [0.2, 0.25) is 0 Å². The Hall–Kier alpha value is -1.92. The Labute approximate surface area is 146 Å². The Kier molecular flexibility index (Phi) is 5.48. The highest BCUT2D eigenvalue weighted by molar-refractivity contribution is 7.11. The van der Waals surface area contributed by atoms with Gasteiger partial charge in [0, 0.05) is 24.4 Å². The van der Waals surface area contributed by atoms with Crippen LogP contribution in [0.1, 0.15) is 21.1 Å². The fourth-order valence-electron chi connectivity index (χ4n) is 2.78. The van der Waals surface area contributed by atoms with Gasteiger partial charge in [0.25, 0.3) is 0 Å². The van der Waals surface area contributed by atoms with Crippen molar-refractivity contribution in [3.05, 3.63) is 51.5 Å². The number of nitrogens with zero attached hydrogens (tertiary/aromatic N) is 2. The molecule has 2 amide bonds. The van der Waals surface area contributed by atoms with E-state index in [0.717, 1.165) is 17.1 Å². The van der Waals surface area contributed by atoms with Crippen molar-refractivity contribution in [3.63, 3.8) is 0 Å². The highest BCUT2D eigenvalue weighted by Gasteiger charge is 2.24. The number of hydrogen-bond donors (Lipinski definition) is 1. The van der Waals surface area contributed by atoms with Crippen molar-refractivity contribution in [3.8, 4) is 0 Å². The second-order valence-corrected chi connectivity index (χ2v) is 7.32. The van der Waals surface area contributed by atoms with E-state index in [4.69, 9.17) is 4.74 Å². The standard InChI is InChI=1S/C18H23N3O2S/c1-13-14(2)24-17(20-13)11-19-18(22)21-8-9-23-16(12-21)10-15-6-4-3-5-7-15/h3-7,16H,8-12H2,1-2H3,(H,19,22). The van der Waals surface area contributed by atoms with Gasteiger partial charge in [0.15, 0.2) is 0 Å². The molecular formula is C18H23N3O2S. The van der Waals surface area contributed by atoms with E-state index in [1.165, 1.54) is 10.4 Å². The number of morpholine rings is 1. The smallest absolute Gasteiger partial charge is 0.317 e. The lowest BCUT2D eigenvalue weighted by Crippen LogP contribution is -2.50. The minimum Gasteiger partial charge on any atom is -0.374 e. The van der Waals surface area contributed by atoms with Crippen LogP contribution in [0.2, 0.25) is 0 Å². The first-order chi connectivity index (χ1) is 11.6. The molecule has 1 aromatic heterocycles. The topological polar surface area (TPSA) is 54.5 Å². The first-order valence-corrected chi connectivity index (χ1v) is 9.04. The van der Waals surface area contributed by atoms with E-state index in [1.54, 1.807) is 11.3 Å². The summed E-state index contributed by atoms with van der Waals surface area (Å²) in [6.07, 6.45) is 0.881. The maximum absolute atomic E-state index is 12.4. The highest BCUT2D eigenvalue weighted by atomic mass is 32.1. The molecule has 0 spiro atoms. The molecule has 6 heteroatoms. The van der Waals surface area contributed by atoms with Gasteiger partial charge in [-0.25, -0.2) is 9.78 Å². The van der Waals surface area contributed by atoms with E-state index in [2.05, 4.69) is 29.4 Å². The van der Waals surface area contributed by atoms with Crippen molar-refractivity contribution in [2.24, 2.45) is 0 Å². The van der Waals surface area contributed by atoms with Crippen LogP contribution in [0.3, 0.4) is 0 Å². The van der Waals surface area contributed by atoms with Crippen molar-refractivity contribution in [1.29, 1.82) is 0 Å². The lowest BCUT2D eigenvalue weighted by atomic mass is 10.1. The van der Waals surface area contributed by atoms with Gasteiger partial charge in [-0.3, -0.25) is 0 Å². The third-order valence-electron chi connectivity index (χ3n) is 4.20. The van der Waals surface area contributed by atoms with Crippen LogP contribution < -0.4 is 5.32 Å². The van der Waals surface area contributed by atoms with Gasteiger partial charge in [-0.15, -0.1) is 11.3 Å². The van der Waals surface area contributed by atoms with Crippen molar-refractivity contribution in [2.75, 3.05) is 19.7 Å². The van der Waals surface area contributed by atoms with Gasteiger partial charge < -0.3 is 15.0 Å². The number of amides is 2. The van der Waals surface area contributed by atoms with Crippen molar-refractivity contribution in [1.82, 2.24) is 15.2 Å². The fraction of sp³-hybridized carbons (Fsp3) is 0.444. The van der Waals surface area contributed by atoms with Crippen LogP contribution in [0.15, 0.2) is 30.3 Å². The lowest BCUT2D eigenvalue weighted by molar-refractivity contribution is -0.0133. The van der Waals surface area contributed by atoms with Gasteiger partial charge in [-0.2, -0.15) is 0 Å². The van der Waals surface area contributed by atoms with E-state index in [-0.39, 0.29) is 12.1 Å². The first-order valence-electron chi connectivity index (χ1n) is 8.23. The van der Waals surface area contributed by atoms with E-state index >= 15 is 0 Å². The van der Waals surface area contributed by atoms with E-state index < -0.39 is 0 Å². The van der Waals surface area contributed by atoms with E-state index in [0.29, 0.717) is 26.2 Å². The number of aromatic nitrogens is 1. The predicted octanol–water partition coefficient (Wildman–Crippen LogP) is 2.91. The Morgan fingerprint density at radius 1 is 1.38 bits per heavy atom. The average Bonchev–Trinajstić information content (AvgIpc) is 2.92. The zero-order chi connectivity index (χ0) is 16.9. The summed E-state index contributed by atoms with van der Waals surface area (Å²) in [6.45, 7) is 6.37. The van der Waals surface area contributed by atoms with Gasteiger partial charge in [0.1, 0.15) is 5.01 Å². The molecule has 2 heterocycles. The molecule has 128 valence electrons. The van der Waals surface area contributed by atoms with Crippen LogP contribution in [0, 0.1) is 13.8 Å². The maximum atomic E-state index is 12.4. The average molecular weight is 345 g/mol. The molecule has 24 heavy (non-hydrogen) atoms. The molecule has 0 aliphatic carbocycles.